The van der Waals surface area contributed by atoms with E-state index in [1.54, 1.807) is 0 Å². The molecule has 0 fully saturated rings. The number of halogens is 1. The molecule has 0 spiro atoms. The van der Waals surface area contributed by atoms with Crippen LogP contribution in [0.5, 0.6) is 0 Å². The quantitative estimate of drug-likeness (QED) is 0.500. The van der Waals surface area contributed by atoms with Gasteiger partial charge in [0, 0.05) is 0 Å². The summed E-state index contributed by atoms with van der Waals surface area (Å²) >= 11 is 0. The van der Waals surface area contributed by atoms with E-state index in [9.17, 15) is 19.4 Å². The molecular weight excluding hydrogens is 217 g/mol. The molecule has 88 valence electrons. The predicted octanol–water partition coefficient (Wildman–Crippen LogP) is -0.0248. The van der Waals surface area contributed by atoms with Crippen LogP contribution >= 0.6 is 0 Å². The van der Waals surface area contributed by atoms with Crippen molar-refractivity contribution in [2.75, 3.05) is 12.8 Å². The third kappa shape index (κ3) is 2.47. The number of benzene rings is 1. The molecule has 0 radical (unpaired) electrons. The first-order valence-electron chi connectivity index (χ1n) is 4.46. The molecule has 0 saturated carbocycles. The molecule has 0 aliphatic carbocycles. The normalized spacial score (nSPS) is 14.2. The number of esters is 1. The molecule has 0 aromatic heterocycles. The summed E-state index contributed by atoms with van der Waals surface area (Å²) in [5, 5.41) is 18.9. The first-order valence-corrected chi connectivity index (χ1v) is 4.46. The highest BCUT2D eigenvalue weighted by molar-refractivity contribution is 5.75. The molecule has 2 atom stereocenters. The number of hydrogen-bond acceptors (Lipinski definition) is 5. The second-order valence-electron chi connectivity index (χ2n) is 3.19. The van der Waals surface area contributed by atoms with Crippen LogP contribution in [-0.2, 0) is 9.53 Å². The van der Waals surface area contributed by atoms with E-state index in [0.29, 0.717) is 0 Å². The minimum atomic E-state index is -1.73. The zero-order chi connectivity index (χ0) is 12.3. The predicted molar refractivity (Wildman–Crippen MR) is 53.8 cm³/mol. The van der Waals surface area contributed by atoms with Crippen molar-refractivity contribution in [2.45, 2.75) is 12.2 Å². The van der Waals surface area contributed by atoms with Crippen LogP contribution in [0.15, 0.2) is 18.2 Å². The van der Waals surface area contributed by atoms with Crippen molar-refractivity contribution >= 4 is 11.7 Å². The van der Waals surface area contributed by atoms with E-state index >= 15 is 0 Å². The molecule has 2 unspecified atom stereocenters. The van der Waals surface area contributed by atoms with Gasteiger partial charge in [-0.1, -0.05) is 6.07 Å². The van der Waals surface area contributed by atoms with Gasteiger partial charge in [-0.2, -0.15) is 0 Å². The Balaban J connectivity index is 2.91. The fraction of sp³-hybridized carbons (Fsp3) is 0.300. The number of hydrogen-bond donors (Lipinski definition) is 3. The van der Waals surface area contributed by atoms with Gasteiger partial charge in [-0.05, 0) is 17.7 Å². The molecule has 0 heterocycles. The molecule has 0 aliphatic heterocycles. The van der Waals surface area contributed by atoms with Crippen LogP contribution in [-0.4, -0.2) is 29.4 Å². The monoisotopic (exact) mass is 229 g/mol. The number of anilines is 1. The number of ether oxygens (including phenoxy) is 1. The van der Waals surface area contributed by atoms with Gasteiger partial charge in [0.1, 0.15) is 11.9 Å². The lowest BCUT2D eigenvalue weighted by Gasteiger charge is -2.16. The van der Waals surface area contributed by atoms with Crippen LogP contribution in [0.1, 0.15) is 11.7 Å². The van der Waals surface area contributed by atoms with Crippen LogP contribution in [0.2, 0.25) is 0 Å². The molecule has 0 amide bonds. The summed E-state index contributed by atoms with van der Waals surface area (Å²) in [6, 6.07) is 3.41. The van der Waals surface area contributed by atoms with Crippen molar-refractivity contribution in [1.82, 2.24) is 0 Å². The molecule has 5 nitrogen and oxygen atoms in total. The minimum absolute atomic E-state index is 0.136. The maximum Gasteiger partial charge on any atom is 0.337 e. The average molecular weight is 229 g/mol. The van der Waals surface area contributed by atoms with E-state index in [1.807, 2.05) is 0 Å². The van der Waals surface area contributed by atoms with Crippen LogP contribution in [0.3, 0.4) is 0 Å². The summed E-state index contributed by atoms with van der Waals surface area (Å²) in [6.07, 6.45) is -3.23. The zero-order valence-corrected chi connectivity index (χ0v) is 8.55. The Morgan fingerprint density at radius 3 is 2.62 bits per heavy atom. The Morgan fingerprint density at radius 2 is 2.12 bits per heavy atom. The van der Waals surface area contributed by atoms with Crippen LogP contribution < -0.4 is 5.73 Å². The molecule has 1 aromatic carbocycles. The Bertz CT molecular complexity index is 396. The van der Waals surface area contributed by atoms with Gasteiger partial charge in [-0.15, -0.1) is 0 Å². The van der Waals surface area contributed by atoms with Gasteiger partial charge in [0.05, 0.1) is 12.8 Å². The fourth-order valence-electron chi connectivity index (χ4n) is 1.18. The van der Waals surface area contributed by atoms with Crippen LogP contribution in [0.4, 0.5) is 10.1 Å². The fourth-order valence-corrected chi connectivity index (χ4v) is 1.18. The van der Waals surface area contributed by atoms with Crippen LogP contribution in [0, 0.1) is 5.82 Å². The third-order valence-corrected chi connectivity index (χ3v) is 2.10. The lowest BCUT2D eigenvalue weighted by Crippen LogP contribution is -2.29. The van der Waals surface area contributed by atoms with E-state index in [1.165, 1.54) is 6.07 Å². The summed E-state index contributed by atoms with van der Waals surface area (Å²) < 4.78 is 17.1. The van der Waals surface area contributed by atoms with Gasteiger partial charge in [0.25, 0.3) is 0 Å². The number of aliphatic hydroxyl groups is 2. The van der Waals surface area contributed by atoms with Crippen LogP contribution in [0.25, 0.3) is 0 Å². The van der Waals surface area contributed by atoms with Crippen molar-refractivity contribution in [2.24, 2.45) is 0 Å². The number of methoxy groups -OCH3 is 1. The molecule has 1 rings (SSSR count). The van der Waals surface area contributed by atoms with Crippen molar-refractivity contribution in [1.29, 1.82) is 0 Å². The largest absolute Gasteiger partial charge is 0.467 e. The highest BCUT2D eigenvalue weighted by atomic mass is 19.1. The van der Waals surface area contributed by atoms with Gasteiger partial charge in [0.15, 0.2) is 6.10 Å². The number of carbonyl (C=O) groups excluding carboxylic acids is 1. The van der Waals surface area contributed by atoms with Crippen molar-refractivity contribution in [3.63, 3.8) is 0 Å². The Labute approximate surface area is 91.3 Å². The third-order valence-electron chi connectivity index (χ3n) is 2.10. The molecule has 6 heteroatoms. The van der Waals surface area contributed by atoms with E-state index in [-0.39, 0.29) is 11.3 Å². The molecule has 0 saturated heterocycles. The number of carbonyl (C=O) groups is 1. The number of rotatable bonds is 3. The van der Waals surface area contributed by atoms with E-state index < -0.39 is 24.0 Å². The maximum atomic E-state index is 12.8. The summed E-state index contributed by atoms with van der Waals surface area (Å²) in [5.41, 5.74) is 5.25. The molecule has 16 heavy (non-hydrogen) atoms. The Hall–Kier alpha value is -1.66. The van der Waals surface area contributed by atoms with Gasteiger partial charge in [-0.25, -0.2) is 9.18 Å². The number of aliphatic hydroxyl groups excluding tert-OH is 2. The minimum Gasteiger partial charge on any atom is -0.467 e. The van der Waals surface area contributed by atoms with Gasteiger partial charge in [0.2, 0.25) is 0 Å². The number of nitrogen functional groups attached to an aromatic ring is 1. The van der Waals surface area contributed by atoms with Crippen molar-refractivity contribution < 1.29 is 24.1 Å². The summed E-state index contributed by atoms with van der Waals surface area (Å²) in [7, 11) is 1.08. The Kier molecular flexibility index (Phi) is 3.81. The first-order chi connectivity index (χ1) is 7.47. The van der Waals surface area contributed by atoms with Gasteiger partial charge < -0.3 is 20.7 Å². The highest BCUT2D eigenvalue weighted by Gasteiger charge is 2.26. The first kappa shape index (κ1) is 12.4. The lowest BCUT2D eigenvalue weighted by atomic mass is 10.0. The lowest BCUT2D eigenvalue weighted by molar-refractivity contribution is -0.156. The second kappa shape index (κ2) is 4.91. The van der Waals surface area contributed by atoms with E-state index in [0.717, 1.165) is 19.2 Å². The molecule has 0 bridgehead atoms. The van der Waals surface area contributed by atoms with Crippen molar-refractivity contribution in [3.05, 3.63) is 29.6 Å². The van der Waals surface area contributed by atoms with Crippen molar-refractivity contribution in [3.8, 4) is 0 Å². The Morgan fingerprint density at radius 1 is 1.50 bits per heavy atom. The SMILES string of the molecule is COC(=O)C(O)C(O)c1ccc(F)c(N)c1. The summed E-state index contributed by atoms with van der Waals surface area (Å²) in [5.74, 6) is -1.61. The average Bonchev–Trinajstić information content (AvgIpc) is 2.29. The molecular formula is C10H12FNO4. The molecule has 4 N–H and O–H groups in total. The van der Waals surface area contributed by atoms with E-state index in [2.05, 4.69) is 4.74 Å². The molecule has 1 aromatic rings. The number of nitrogens with two attached hydrogens (primary N) is 1. The highest BCUT2D eigenvalue weighted by Crippen LogP contribution is 2.21. The maximum absolute atomic E-state index is 12.8. The van der Waals surface area contributed by atoms with Gasteiger partial charge in [-0.3, -0.25) is 0 Å². The summed E-state index contributed by atoms with van der Waals surface area (Å²) in [6.45, 7) is 0. The smallest absolute Gasteiger partial charge is 0.337 e. The molecule has 0 aliphatic rings. The van der Waals surface area contributed by atoms with E-state index in [4.69, 9.17) is 5.73 Å². The standard InChI is InChI=1S/C10H12FNO4/c1-16-10(15)9(14)8(13)5-2-3-6(11)7(12)4-5/h2-4,8-9,13-14H,12H2,1H3. The topological polar surface area (TPSA) is 92.8 Å². The second-order valence-corrected chi connectivity index (χ2v) is 3.19. The van der Waals surface area contributed by atoms with Gasteiger partial charge >= 0.3 is 5.97 Å². The summed E-state index contributed by atoms with van der Waals surface area (Å²) in [4.78, 5) is 10.9. The zero-order valence-electron chi connectivity index (χ0n) is 8.55.